The molecule has 0 atom stereocenters. The van der Waals surface area contributed by atoms with Crippen LogP contribution in [0.1, 0.15) is 23.4 Å². The zero-order valence-corrected chi connectivity index (χ0v) is 15.5. The van der Waals surface area contributed by atoms with E-state index in [1.54, 1.807) is 6.07 Å². The summed E-state index contributed by atoms with van der Waals surface area (Å²) in [5.41, 5.74) is 9.56. The Balaban J connectivity index is 2.02. The van der Waals surface area contributed by atoms with Crippen LogP contribution in [0.3, 0.4) is 0 Å². The Morgan fingerprint density at radius 1 is 1.31 bits per heavy atom. The maximum absolute atomic E-state index is 12.3. The standard InChI is InChI=1S/C20H17F3N6/c1-13-12-29-7-4-14(8-18(29)27-13)19-17(3-2-16(10-25)28-19)15(9-24)11-26-6-5-20(21,22)23/h2-4,7-9,11-12H,5-6,24H2,1H3. The van der Waals surface area contributed by atoms with E-state index in [0.717, 1.165) is 5.69 Å². The topological polar surface area (TPSA) is 92.4 Å². The molecule has 2 N–H and O–H groups in total. The molecule has 0 radical (unpaired) electrons. The van der Waals surface area contributed by atoms with Crippen molar-refractivity contribution < 1.29 is 13.2 Å². The molecule has 3 aromatic rings. The number of fused-ring (bicyclic) bond motifs is 1. The van der Waals surface area contributed by atoms with Gasteiger partial charge in [0.15, 0.2) is 0 Å². The SMILES string of the molecule is Cc1cn2ccc(-c3nc(C#N)ccc3C(C=NCCC(F)(F)F)=CN)cc2n1. The van der Waals surface area contributed by atoms with Crippen LogP contribution in [0, 0.1) is 18.3 Å². The summed E-state index contributed by atoms with van der Waals surface area (Å²) in [7, 11) is 0. The molecule has 3 rings (SSSR count). The lowest BCUT2D eigenvalue weighted by Gasteiger charge is -2.10. The summed E-state index contributed by atoms with van der Waals surface area (Å²) in [4.78, 5) is 12.6. The lowest BCUT2D eigenvalue weighted by molar-refractivity contribution is -0.132. The van der Waals surface area contributed by atoms with Gasteiger partial charge < -0.3 is 10.1 Å². The van der Waals surface area contributed by atoms with Gasteiger partial charge in [-0.05, 0) is 31.2 Å². The monoisotopic (exact) mass is 398 g/mol. The van der Waals surface area contributed by atoms with Gasteiger partial charge in [-0.25, -0.2) is 9.97 Å². The second-order valence-corrected chi connectivity index (χ2v) is 6.29. The van der Waals surface area contributed by atoms with Crippen molar-refractivity contribution in [2.45, 2.75) is 19.5 Å². The van der Waals surface area contributed by atoms with Gasteiger partial charge in [-0.15, -0.1) is 0 Å². The molecule has 148 valence electrons. The van der Waals surface area contributed by atoms with E-state index in [0.29, 0.717) is 28.0 Å². The zero-order chi connectivity index (χ0) is 21.0. The number of aryl methyl sites for hydroxylation is 1. The first-order valence-corrected chi connectivity index (χ1v) is 8.66. The third-order valence-corrected chi connectivity index (χ3v) is 4.11. The largest absolute Gasteiger partial charge is 0.404 e. The molecule has 0 aliphatic carbocycles. The van der Waals surface area contributed by atoms with Crippen LogP contribution < -0.4 is 5.73 Å². The van der Waals surface area contributed by atoms with Crippen molar-refractivity contribution in [1.29, 1.82) is 5.26 Å². The molecule has 0 spiro atoms. The Morgan fingerprint density at radius 2 is 2.10 bits per heavy atom. The van der Waals surface area contributed by atoms with Gasteiger partial charge in [0, 0.05) is 48.1 Å². The summed E-state index contributed by atoms with van der Waals surface area (Å²) < 4.78 is 38.8. The first-order chi connectivity index (χ1) is 13.8. The number of aromatic nitrogens is 3. The van der Waals surface area contributed by atoms with E-state index in [1.807, 2.05) is 41.9 Å². The highest BCUT2D eigenvalue weighted by atomic mass is 19.4. The molecule has 0 saturated carbocycles. The highest BCUT2D eigenvalue weighted by Crippen LogP contribution is 2.28. The predicted molar refractivity (Wildman–Crippen MR) is 104 cm³/mol. The number of halogens is 3. The van der Waals surface area contributed by atoms with Crippen LogP contribution in [-0.4, -0.2) is 33.3 Å². The van der Waals surface area contributed by atoms with Gasteiger partial charge in [-0.2, -0.15) is 18.4 Å². The molecule has 0 aliphatic rings. The van der Waals surface area contributed by atoms with E-state index in [1.165, 1.54) is 18.5 Å². The minimum Gasteiger partial charge on any atom is -0.404 e. The number of hydrogen-bond donors (Lipinski definition) is 1. The van der Waals surface area contributed by atoms with Gasteiger partial charge in [0.05, 0.1) is 17.8 Å². The van der Waals surface area contributed by atoms with Crippen molar-refractivity contribution in [2.24, 2.45) is 10.7 Å². The zero-order valence-electron chi connectivity index (χ0n) is 15.5. The Labute approximate surface area is 164 Å². The molecular formula is C20H17F3N6. The Morgan fingerprint density at radius 3 is 2.79 bits per heavy atom. The van der Waals surface area contributed by atoms with Gasteiger partial charge in [0.1, 0.15) is 17.4 Å². The van der Waals surface area contributed by atoms with Gasteiger partial charge in [-0.1, -0.05) is 0 Å². The maximum atomic E-state index is 12.3. The van der Waals surface area contributed by atoms with E-state index in [9.17, 15) is 18.4 Å². The summed E-state index contributed by atoms with van der Waals surface area (Å²) in [5, 5.41) is 9.22. The molecule has 0 bridgehead atoms. The summed E-state index contributed by atoms with van der Waals surface area (Å²) in [5.74, 6) is 0. The minimum atomic E-state index is -4.27. The van der Waals surface area contributed by atoms with E-state index in [-0.39, 0.29) is 5.69 Å². The first-order valence-electron chi connectivity index (χ1n) is 8.66. The summed E-state index contributed by atoms with van der Waals surface area (Å²) in [6.45, 7) is 1.47. The molecule has 3 aromatic heterocycles. The molecule has 0 fully saturated rings. The van der Waals surface area contributed by atoms with Crippen molar-refractivity contribution in [3.63, 3.8) is 0 Å². The van der Waals surface area contributed by atoms with Crippen LogP contribution in [0.25, 0.3) is 22.5 Å². The number of nitriles is 1. The lowest BCUT2D eigenvalue weighted by atomic mass is 10.0. The van der Waals surface area contributed by atoms with Crippen molar-refractivity contribution in [3.05, 3.63) is 59.8 Å². The van der Waals surface area contributed by atoms with E-state index < -0.39 is 19.1 Å². The number of alkyl halides is 3. The molecule has 0 saturated heterocycles. The highest BCUT2D eigenvalue weighted by molar-refractivity contribution is 6.11. The molecule has 0 aliphatic heterocycles. The van der Waals surface area contributed by atoms with Gasteiger partial charge in [0.25, 0.3) is 0 Å². The van der Waals surface area contributed by atoms with E-state index in [4.69, 9.17) is 5.73 Å². The number of nitrogens with zero attached hydrogens (tertiary/aromatic N) is 5. The number of aliphatic imine (C=N–C) groups is 1. The van der Waals surface area contributed by atoms with Crippen molar-refractivity contribution in [2.75, 3.05) is 6.54 Å². The number of pyridine rings is 2. The third-order valence-electron chi connectivity index (χ3n) is 4.11. The van der Waals surface area contributed by atoms with E-state index in [2.05, 4.69) is 15.0 Å². The number of allylic oxidation sites excluding steroid dienone is 1. The molecule has 6 nitrogen and oxygen atoms in total. The fourth-order valence-electron chi connectivity index (χ4n) is 2.79. The highest BCUT2D eigenvalue weighted by Gasteiger charge is 2.25. The summed E-state index contributed by atoms with van der Waals surface area (Å²) in [6.07, 6.45) is 0.938. The normalized spacial score (nSPS) is 12.6. The Kier molecular flexibility index (Phi) is 5.64. The van der Waals surface area contributed by atoms with Crippen LogP contribution in [0.15, 0.2) is 47.9 Å². The lowest BCUT2D eigenvalue weighted by Crippen LogP contribution is -2.08. The maximum Gasteiger partial charge on any atom is 0.390 e. The molecule has 9 heteroatoms. The van der Waals surface area contributed by atoms with Crippen molar-refractivity contribution in [1.82, 2.24) is 14.4 Å². The summed E-state index contributed by atoms with van der Waals surface area (Å²) >= 11 is 0. The average Bonchev–Trinajstić information content (AvgIpc) is 3.06. The van der Waals surface area contributed by atoms with Crippen molar-refractivity contribution in [3.8, 4) is 17.3 Å². The van der Waals surface area contributed by atoms with Crippen LogP contribution in [0.2, 0.25) is 0 Å². The summed E-state index contributed by atoms with van der Waals surface area (Å²) in [6, 6.07) is 8.79. The number of hydrogen-bond acceptors (Lipinski definition) is 5. The Bertz CT molecular complexity index is 1140. The smallest absolute Gasteiger partial charge is 0.390 e. The fourth-order valence-corrected chi connectivity index (χ4v) is 2.79. The molecule has 29 heavy (non-hydrogen) atoms. The molecular weight excluding hydrogens is 381 g/mol. The number of rotatable bonds is 5. The second-order valence-electron chi connectivity index (χ2n) is 6.29. The van der Waals surface area contributed by atoms with Crippen LogP contribution in [-0.2, 0) is 0 Å². The van der Waals surface area contributed by atoms with Gasteiger partial charge in [-0.3, -0.25) is 4.99 Å². The van der Waals surface area contributed by atoms with E-state index >= 15 is 0 Å². The Hall–Kier alpha value is -3.67. The minimum absolute atomic E-state index is 0.202. The molecule has 0 amide bonds. The third kappa shape index (κ3) is 4.79. The molecule has 0 unspecified atom stereocenters. The second kappa shape index (κ2) is 8.14. The molecule has 0 aromatic carbocycles. The van der Waals surface area contributed by atoms with Crippen molar-refractivity contribution >= 4 is 17.4 Å². The predicted octanol–water partition coefficient (Wildman–Crippen LogP) is 3.90. The average molecular weight is 398 g/mol. The quantitative estimate of drug-likeness (QED) is 0.660. The van der Waals surface area contributed by atoms with Crippen LogP contribution in [0.5, 0.6) is 0 Å². The first kappa shape index (κ1) is 20.1. The fraction of sp³-hybridized carbons (Fsp3) is 0.200. The van der Waals surface area contributed by atoms with Crippen LogP contribution >= 0.6 is 0 Å². The van der Waals surface area contributed by atoms with Crippen LogP contribution in [0.4, 0.5) is 13.2 Å². The van der Waals surface area contributed by atoms with Gasteiger partial charge >= 0.3 is 6.18 Å². The van der Waals surface area contributed by atoms with Gasteiger partial charge in [0.2, 0.25) is 0 Å². The number of nitrogens with two attached hydrogens (primary N) is 1. The molecule has 3 heterocycles. The number of imidazole rings is 1.